The second-order valence-corrected chi connectivity index (χ2v) is 4.71. The summed E-state index contributed by atoms with van der Waals surface area (Å²) >= 11 is 0. The molecule has 0 bridgehead atoms. The van der Waals surface area contributed by atoms with Crippen molar-refractivity contribution >= 4 is 5.91 Å². The lowest BCUT2D eigenvalue weighted by atomic mass is 10.2. The number of hydrogen-bond acceptors (Lipinski definition) is 4. The molecular weight excluding hydrogens is 220 g/mol. The number of hydrogen-bond donors (Lipinski definition) is 2. The molecule has 0 aromatic carbocycles. The van der Waals surface area contributed by atoms with Crippen LogP contribution in [0.3, 0.4) is 0 Å². The number of carbonyl (C=O) groups is 1. The second kappa shape index (κ2) is 6.93. The molecule has 2 heterocycles. The highest BCUT2D eigenvalue weighted by Gasteiger charge is 2.17. The molecule has 5 nitrogen and oxygen atoms in total. The van der Waals surface area contributed by atoms with Crippen molar-refractivity contribution in [2.75, 3.05) is 32.8 Å². The summed E-state index contributed by atoms with van der Waals surface area (Å²) < 4.78 is 10.9. The summed E-state index contributed by atoms with van der Waals surface area (Å²) in [6, 6.07) is 0. The fourth-order valence-corrected chi connectivity index (χ4v) is 2.25. The van der Waals surface area contributed by atoms with E-state index in [2.05, 4.69) is 10.6 Å². The van der Waals surface area contributed by atoms with Crippen LogP contribution in [0.25, 0.3) is 0 Å². The zero-order valence-corrected chi connectivity index (χ0v) is 10.2. The van der Waals surface area contributed by atoms with Crippen molar-refractivity contribution in [1.82, 2.24) is 10.6 Å². The van der Waals surface area contributed by atoms with Crippen molar-refractivity contribution in [3.05, 3.63) is 0 Å². The molecule has 98 valence electrons. The van der Waals surface area contributed by atoms with Gasteiger partial charge in [-0.15, -0.1) is 0 Å². The number of nitrogens with one attached hydrogen (secondary N) is 2. The fraction of sp³-hybridized carbons (Fsp3) is 0.917. The molecule has 17 heavy (non-hydrogen) atoms. The molecule has 0 saturated carbocycles. The summed E-state index contributed by atoms with van der Waals surface area (Å²) in [5.41, 5.74) is 0. The van der Waals surface area contributed by atoms with E-state index in [0.717, 1.165) is 45.4 Å². The highest BCUT2D eigenvalue weighted by atomic mass is 16.5. The molecule has 2 atom stereocenters. The highest BCUT2D eigenvalue weighted by molar-refractivity contribution is 5.77. The van der Waals surface area contributed by atoms with Gasteiger partial charge in [-0.1, -0.05) is 0 Å². The van der Waals surface area contributed by atoms with Gasteiger partial charge in [0.25, 0.3) is 0 Å². The molecule has 0 unspecified atom stereocenters. The molecule has 0 spiro atoms. The smallest absolute Gasteiger partial charge is 0.234 e. The van der Waals surface area contributed by atoms with Crippen molar-refractivity contribution in [2.24, 2.45) is 0 Å². The Labute approximate surface area is 102 Å². The molecule has 2 saturated heterocycles. The molecule has 2 aliphatic rings. The Balaban J connectivity index is 1.48. The van der Waals surface area contributed by atoms with Gasteiger partial charge in [0, 0.05) is 26.3 Å². The maximum atomic E-state index is 11.5. The third-order valence-electron chi connectivity index (χ3n) is 3.23. The van der Waals surface area contributed by atoms with Gasteiger partial charge < -0.3 is 20.1 Å². The zero-order chi connectivity index (χ0) is 11.9. The van der Waals surface area contributed by atoms with Crippen LogP contribution < -0.4 is 10.6 Å². The number of ether oxygens (including phenoxy) is 2. The summed E-state index contributed by atoms with van der Waals surface area (Å²) in [5, 5.41) is 6.01. The summed E-state index contributed by atoms with van der Waals surface area (Å²) in [5.74, 6) is 0.0403. The first-order chi connectivity index (χ1) is 8.34. The van der Waals surface area contributed by atoms with Crippen LogP contribution in [-0.2, 0) is 14.3 Å². The van der Waals surface area contributed by atoms with Gasteiger partial charge >= 0.3 is 0 Å². The average Bonchev–Trinajstić information content (AvgIpc) is 2.99. The minimum Gasteiger partial charge on any atom is -0.377 e. The Bertz CT molecular complexity index is 236. The lowest BCUT2D eigenvalue weighted by Gasteiger charge is -2.12. The van der Waals surface area contributed by atoms with Crippen molar-refractivity contribution in [3.63, 3.8) is 0 Å². The topological polar surface area (TPSA) is 59.6 Å². The Kier molecular flexibility index (Phi) is 5.22. The van der Waals surface area contributed by atoms with Gasteiger partial charge in [-0.05, 0) is 25.7 Å². The summed E-state index contributed by atoms with van der Waals surface area (Å²) in [7, 11) is 0. The van der Waals surface area contributed by atoms with Gasteiger partial charge in [-0.2, -0.15) is 0 Å². The minimum absolute atomic E-state index is 0.0403. The third-order valence-corrected chi connectivity index (χ3v) is 3.23. The van der Waals surface area contributed by atoms with Crippen LogP contribution in [0.5, 0.6) is 0 Å². The molecule has 5 heteroatoms. The molecule has 2 aliphatic heterocycles. The number of amides is 1. The normalized spacial score (nSPS) is 28.5. The maximum absolute atomic E-state index is 11.5. The Morgan fingerprint density at radius 3 is 2.29 bits per heavy atom. The molecule has 0 aromatic heterocycles. The van der Waals surface area contributed by atoms with E-state index in [0.29, 0.717) is 19.2 Å². The first-order valence-electron chi connectivity index (χ1n) is 6.55. The van der Waals surface area contributed by atoms with Gasteiger partial charge in [0.2, 0.25) is 5.91 Å². The fourth-order valence-electron chi connectivity index (χ4n) is 2.25. The van der Waals surface area contributed by atoms with E-state index < -0.39 is 0 Å². The predicted octanol–water partition coefficient (Wildman–Crippen LogP) is 0.0502. The molecular formula is C12H22N2O3. The lowest BCUT2D eigenvalue weighted by Crippen LogP contribution is -2.40. The number of carbonyl (C=O) groups excluding carboxylic acids is 1. The van der Waals surface area contributed by atoms with E-state index in [1.807, 2.05) is 0 Å². The Morgan fingerprint density at radius 1 is 1.06 bits per heavy atom. The van der Waals surface area contributed by atoms with E-state index in [1.54, 1.807) is 0 Å². The van der Waals surface area contributed by atoms with E-state index in [9.17, 15) is 4.79 Å². The van der Waals surface area contributed by atoms with Crippen LogP contribution in [0.4, 0.5) is 0 Å². The highest BCUT2D eigenvalue weighted by Crippen LogP contribution is 2.11. The van der Waals surface area contributed by atoms with Gasteiger partial charge in [0.1, 0.15) is 0 Å². The quantitative estimate of drug-likeness (QED) is 0.691. The average molecular weight is 242 g/mol. The van der Waals surface area contributed by atoms with Gasteiger partial charge in [0.15, 0.2) is 0 Å². The van der Waals surface area contributed by atoms with Crippen molar-refractivity contribution in [1.29, 1.82) is 0 Å². The van der Waals surface area contributed by atoms with Crippen LogP contribution in [0.2, 0.25) is 0 Å². The van der Waals surface area contributed by atoms with Crippen LogP contribution in [0, 0.1) is 0 Å². The monoisotopic (exact) mass is 242 g/mol. The second-order valence-electron chi connectivity index (χ2n) is 4.71. The summed E-state index contributed by atoms with van der Waals surface area (Å²) in [6.07, 6.45) is 4.92. The van der Waals surface area contributed by atoms with Crippen molar-refractivity contribution in [3.8, 4) is 0 Å². The lowest BCUT2D eigenvalue weighted by molar-refractivity contribution is -0.120. The standard InChI is InChI=1S/C12H22N2O3/c15-12(14-8-11-4-2-6-17-11)9-13-7-10-3-1-5-16-10/h10-11,13H,1-9H2,(H,14,15)/t10-,11+/m1/s1. The predicted molar refractivity (Wildman–Crippen MR) is 63.8 cm³/mol. The van der Waals surface area contributed by atoms with E-state index in [1.165, 1.54) is 0 Å². The molecule has 2 N–H and O–H groups in total. The molecule has 0 aliphatic carbocycles. The first-order valence-corrected chi connectivity index (χ1v) is 6.55. The van der Waals surface area contributed by atoms with E-state index in [4.69, 9.17) is 9.47 Å². The van der Waals surface area contributed by atoms with Gasteiger partial charge in [-0.3, -0.25) is 4.79 Å². The molecule has 2 rings (SSSR count). The van der Waals surface area contributed by atoms with E-state index >= 15 is 0 Å². The summed E-state index contributed by atoms with van der Waals surface area (Å²) in [4.78, 5) is 11.5. The van der Waals surface area contributed by atoms with Crippen molar-refractivity contribution < 1.29 is 14.3 Å². The van der Waals surface area contributed by atoms with Crippen LogP contribution in [0.1, 0.15) is 25.7 Å². The largest absolute Gasteiger partial charge is 0.377 e. The maximum Gasteiger partial charge on any atom is 0.234 e. The Morgan fingerprint density at radius 2 is 1.71 bits per heavy atom. The van der Waals surface area contributed by atoms with Gasteiger partial charge in [0.05, 0.1) is 18.8 Å². The van der Waals surface area contributed by atoms with E-state index in [-0.39, 0.29) is 12.0 Å². The number of rotatable bonds is 6. The molecule has 0 aromatic rings. The first kappa shape index (κ1) is 12.8. The third kappa shape index (κ3) is 4.61. The van der Waals surface area contributed by atoms with Gasteiger partial charge in [-0.25, -0.2) is 0 Å². The Hall–Kier alpha value is -0.650. The molecule has 0 radical (unpaired) electrons. The zero-order valence-electron chi connectivity index (χ0n) is 10.2. The van der Waals surface area contributed by atoms with Crippen LogP contribution in [0.15, 0.2) is 0 Å². The van der Waals surface area contributed by atoms with Crippen LogP contribution in [-0.4, -0.2) is 51.0 Å². The molecule has 2 fully saturated rings. The van der Waals surface area contributed by atoms with Crippen LogP contribution >= 0.6 is 0 Å². The summed E-state index contributed by atoms with van der Waals surface area (Å²) in [6.45, 7) is 3.47. The minimum atomic E-state index is 0.0403. The van der Waals surface area contributed by atoms with Crippen molar-refractivity contribution in [2.45, 2.75) is 37.9 Å². The SMILES string of the molecule is O=C(CNC[C@H]1CCCO1)NC[C@@H]1CCCO1. The molecule has 1 amide bonds.